The summed E-state index contributed by atoms with van der Waals surface area (Å²) in [4.78, 5) is 17.2. The summed E-state index contributed by atoms with van der Waals surface area (Å²) < 4.78 is 1.15. The van der Waals surface area contributed by atoms with Crippen molar-refractivity contribution in [1.29, 1.82) is 0 Å². The molecule has 0 spiro atoms. The third-order valence-electron chi connectivity index (χ3n) is 4.50. The zero-order valence-electron chi connectivity index (χ0n) is 17.3. The standard InChI is InChI=1S/C22H25ClN4O2S.HI/c1-14-7-8-17(16(23)11-14)27-21(29)9-10-25-22(24-2)26-13-18(28)20-12-15-5-3-4-6-19(15)30-20;/h3-8,11-12,18,28H,9-10,13H2,1-2H3,(H,27,29)(H2,24,25,26);1H. The number of nitrogens with zero attached hydrogens (tertiary/aromatic N) is 1. The number of rotatable bonds is 7. The number of amides is 1. The molecular formula is C22H26ClIN4O2S. The Bertz CT molecular complexity index is 1020. The van der Waals surface area contributed by atoms with E-state index in [2.05, 4.69) is 20.9 Å². The smallest absolute Gasteiger partial charge is 0.226 e. The van der Waals surface area contributed by atoms with Gasteiger partial charge in [-0.2, -0.15) is 0 Å². The quantitative estimate of drug-likeness (QED) is 0.188. The fraction of sp³-hybridized carbons (Fsp3) is 0.273. The van der Waals surface area contributed by atoms with E-state index in [0.29, 0.717) is 29.8 Å². The highest BCUT2D eigenvalue weighted by Gasteiger charge is 2.12. The minimum Gasteiger partial charge on any atom is -0.386 e. The molecule has 2 aromatic carbocycles. The minimum absolute atomic E-state index is 0. The van der Waals surface area contributed by atoms with Gasteiger partial charge in [0.15, 0.2) is 5.96 Å². The van der Waals surface area contributed by atoms with Gasteiger partial charge in [-0.05, 0) is 42.1 Å². The largest absolute Gasteiger partial charge is 0.386 e. The third-order valence-corrected chi connectivity index (χ3v) is 6.03. The zero-order valence-corrected chi connectivity index (χ0v) is 21.2. The number of hydrogen-bond acceptors (Lipinski definition) is 4. The molecular weight excluding hydrogens is 547 g/mol. The summed E-state index contributed by atoms with van der Waals surface area (Å²) in [5, 5.41) is 21.1. The first-order valence-electron chi connectivity index (χ1n) is 9.63. The summed E-state index contributed by atoms with van der Waals surface area (Å²) in [6, 6.07) is 15.5. The minimum atomic E-state index is -0.645. The molecule has 0 aliphatic carbocycles. The topological polar surface area (TPSA) is 85.8 Å². The van der Waals surface area contributed by atoms with Gasteiger partial charge in [0, 0.05) is 36.1 Å². The number of aryl methyl sites for hydroxylation is 1. The summed E-state index contributed by atoms with van der Waals surface area (Å²) in [5.41, 5.74) is 1.63. The fourth-order valence-corrected chi connectivity index (χ4v) is 4.24. The van der Waals surface area contributed by atoms with Gasteiger partial charge in [-0.1, -0.05) is 35.9 Å². The Balaban J connectivity index is 0.00000341. The lowest BCUT2D eigenvalue weighted by molar-refractivity contribution is -0.116. The number of aliphatic hydroxyl groups excluding tert-OH is 1. The number of guanidine groups is 1. The van der Waals surface area contributed by atoms with E-state index in [0.717, 1.165) is 20.5 Å². The number of anilines is 1. The predicted octanol–water partition coefficient (Wildman–Crippen LogP) is 4.71. The van der Waals surface area contributed by atoms with Crippen molar-refractivity contribution >= 4 is 74.6 Å². The SMILES string of the molecule is CN=C(NCCC(=O)Nc1ccc(C)cc1Cl)NCC(O)c1cc2ccccc2s1.I. The van der Waals surface area contributed by atoms with Gasteiger partial charge in [-0.15, -0.1) is 35.3 Å². The van der Waals surface area contributed by atoms with Crippen LogP contribution in [0, 0.1) is 6.92 Å². The lowest BCUT2D eigenvalue weighted by atomic mass is 10.2. The van der Waals surface area contributed by atoms with Crippen LogP contribution in [-0.2, 0) is 4.79 Å². The molecule has 1 heterocycles. The summed E-state index contributed by atoms with van der Waals surface area (Å²) in [5.74, 6) is 0.380. The second kappa shape index (κ2) is 12.2. The van der Waals surface area contributed by atoms with E-state index < -0.39 is 6.10 Å². The number of hydrogen-bond donors (Lipinski definition) is 4. The first kappa shape index (κ1) is 25.4. The third kappa shape index (κ3) is 7.34. The molecule has 4 N–H and O–H groups in total. The first-order valence-corrected chi connectivity index (χ1v) is 10.8. The van der Waals surface area contributed by atoms with Crippen LogP contribution >= 0.6 is 46.9 Å². The molecule has 0 aliphatic heterocycles. The molecule has 31 heavy (non-hydrogen) atoms. The summed E-state index contributed by atoms with van der Waals surface area (Å²) in [6.45, 7) is 2.66. The van der Waals surface area contributed by atoms with Crippen molar-refractivity contribution in [1.82, 2.24) is 10.6 Å². The molecule has 1 atom stereocenters. The Hall–Kier alpha value is -1.88. The lowest BCUT2D eigenvalue weighted by Gasteiger charge is -2.14. The van der Waals surface area contributed by atoms with Crippen molar-refractivity contribution in [2.75, 3.05) is 25.5 Å². The number of carbonyl (C=O) groups excluding carboxylic acids is 1. The Labute approximate surface area is 208 Å². The number of nitrogens with one attached hydrogen (secondary N) is 3. The number of aliphatic hydroxyl groups is 1. The number of fused-ring (bicyclic) bond motifs is 1. The lowest BCUT2D eigenvalue weighted by Crippen LogP contribution is -2.40. The molecule has 3 rings (SSSR count). The van der Waals surface area contributed by atoms with Crippen LogP contribution in [0.5, 0.6) is 0 Å². The van der Waals surface area contributed by atoms with Crippen LogP contribution in [0.3, 0.4) is 0 Å². The van der Waals surface area contributed by atoms with Gasteiger partial charge in [-0.25, -0.2) is 0 Å². The van der Waals surface area contributed by atoms with Gasteiger partial charge in [0.05, 0.1) is 10.7 Å². The molecule has 9 heteroatoms. The highest BCUT2D eigenvalue weighted by Crippen LogP contribution is 2.29. The first-order chi connectivity index (χ1) is 14.5. The van der Waals surface area contributed by atoms with E-state index >= 15 is 0 Å². The maximum Gasteiger partial charge on any atom is 0.226 e. The van der Waals surface area contributed by atoms with E-state index in [1.54, 1.807) is 24.5 Å². The van der Waals surface area contributed by atoms with Crippen LogP contribution in [-0.4, -0.2) is 37.1 Å². The molecule has 0 fully saturated rings. The van der Waals surface area contributed by atoms with Gasteiger partial charge >= 0.3 is 0 Å². The van der Waals surface area contributed by atoms with Crippen LogP contribution < -0.4 is 16.0 Å². The molecule has 1 unspecified atom stereocenters. The van der Waals surface area contributed by atoms with Crippen molar-refractivity contribution in [2.24, 2.45) is 4.99 Å². The average molecular weight is 573 g/mol. The van der Waals surface area contributed by atoms with Crippen molar-refractivity contribution in [3.05, 3.63) is 64.0 Å². The number of halogens is 2. The molecule has 0 aliphatic rings. The monoisotopic (exact) mass is 572 g/mol. The molecule has 6 nitrogen and oxygen atoms in total. The second-order valence-corrected chi connectivity index (χ2v) is 8.39. The molecule has 1 aromatic heterocycles. The summed E-state index contributed by atoms with van der Waals surface area (Å²) >= 11 is 7.72. The van der Waals surface area contributed by atoms with Crippen molar-refractivity contribution in [3.63, 3.8) is 0 Å². The molecule has 0 radical (unpaired) electrons. The van der Waals surface area contributed by atoms with Gasteiger partial charge in [0.1, 0.15) is 6.10 Å². The second-order valence-electron chi connectivity index (χ2n) is 6.86. The molecule has 0 saturated heterocycles. The van der Waals surface area contributed by atoms with Crippen molar-refractivity contribution in [2.45, 2.75) is 19.4 Å². The van der Waals surface area contributed by atoms with Gasteiger partial charge in [0.25, 0.3) is 0 Å². The van der Waals surface area contributed by atoms with E-state index in [-0.39, 0.29) is 36.3 Å². The number of aliphatic imine (C=N–C) groups is 1. The Morgan fingerprint density at radius 1 is 1.19 bits per heavy atom. The van der Waals surface area contributed by atoms with Gasteiger partial charge in [0.2, 0.25) is 5.91 Å². The highest BCUT2D eigenvalue weighted by molar-refractivity contribution is 14.0. The molecule has 1 amide bonds. The van der Waals surface area contributed by atoms with E-state index in [1.165, 1.54) is 0 Å². The predicted molar refractivity (Wildman–Crippen MR) is 141 cm³/mol. The molecule has 166 valence electrons. The van der Waals surface area contributed by atoms with Crippen LogP contribution in [0.1, 0.15) is 23.0 Å². The maximum absolute atomic E-state index is 12.1. The van der Waals surface area contributed by atoms with Crippen LogP contribution in [0.15, 0.2) is 53.5 Å². The van der Waals surface area contributed by atoms with E-state index in [4.69, 9.17) is 11.6 Å². The zero-order chi connectivity index (χ0) is 21.5. The Morgan fingerprint density at radius 3 is 2.68 bits per heavy atom. The normalized spacial score (nSPS) is 12.2. The summed E-state index contributed by atoms with van der Waals surface area (Å²) in [7, 11) is 1.65. The Morgan fingerprint density at radius 2 is 1.97 bits per heavy atom. The van der Waals surface area contributed by atoms with Crippen molar-refractivity contribution < 1.29 is 9.90 Å². The highest BCUT2D eigenvalue weighted by atomic mass is 127. The Kier molecular flexibility index (Phi) is 10.0. The number of thiophene rings is 1. The average Bonchev–Trinajstić information content (AvgIpc) is 3.17. The maximum atomic E-state index is 12.1. The van der Waals surface area contributed by atoms with Gasteiger partial charge in [-0.3, -0.25) is 9.79 Å². The van der Waals surface area contributed by atoms with E-state index in [1.807, 2.05) is 49.4 Å². The fourth-order valence-electron chi connectivity index (χ4n) is 2.91. The molecule has 0 bridgehead atoms. The van der Waals surface area contributed by atoms with Crippen LogP contribution in [0.4, 0.5) is 5.69 Å². The van der Waals surface area contributed by atoms with Crippen LogP contribution in [0.2, 0.25) is 5.02 Å². The summed E-state index contributed by atoms with van der Waals surface area (Å²) in [6.07, 6.45) is -0.392. The molecule has 0 saturated carbocycles. The van der Waals surface area contributed by atoms with E-state index in [9.17, 15) is 9.90 Å². The van der Waals surface area contributed by atoms with Crippen molar-refractivity contribution in [3.8, 4) is 0 Å². The number of benzene rings is 2. The van der Waals surface area contributed by atoms with Crippen LogP contribution in [0.25, 0.3) is 10.1 Å². The molecule has 3 aromatic rings. The van der Waals surface area contributed by atoms with Gasteiger partial charge < -0.3 is 21.1 Å². The number of carbonyl (C=O) groups is 1.